The zero-order valence-electron chi connectivity index (χ0n) is 14.7. The van der Waals surface area contributed by atoms with Gasteiger partial charge in [0.2, 0.25) is 0 Å². The number of hydrogen-bond donors (Lipinski definition) is 1. The Morgan fingerprint density at radius 1 is 1.12 bits per heavy atom. The van der Waals surface area contributed by atoms with E-state index in [0.29, 0.717) is 18.0 Å². The quantitative estimate of drug-likeness (QED) is 0.689. The minimum atomic E-state index is -0.185. The highest BCUT2D eigenvalue weighted by Crippen LogP contribution is 2.25. The van der Waals surface area contributed by atoms with Crippen LogP contribution in [0.1, 0.15) is 10.6 Å². The van der Waals surface area contributed by atoms with Gasteiger partial charge in [-0.15, -0.1) is 11.3 Å². The number of para-hydroxylation sites is 2. The first kappa shape index (κ1) is 17.9. The predicted molar refractivity (Wildman–Crippen MR) is 103 cm³/mol. The van der Waals surface area contributed by atoms with Gasteiger partial charge in [0.15, 0.2) is 18.1 Å². The van der Waals surface area contributed by atoms with Gasteiger partial charge in [0.25, 0.3) is 5.91 Å². The Morgan fingerprint density at radius 3 is 2.50 bits per heavy atom. The Morgan fingerprint density at radius 2 is 1.85 bits per heavy atom. The van der Waals surface area contributed by atoms with Gasteiger partial charge < -0.3 is 14.8 Å². The van der Waals surface area contributed by atoms with Crippen molar-refractivity contribution in [3.05, 3.63) is 64.5 Å². The number of nitrogens with one attached hydrogen (secondary N) is 1. The lowest BCUT2D eigenvalue weighted by atomic mass is 10.1. The van der Waals surface area contributed by atoms with E-state index in [2.05, 4.69) is 10.3 Å². The van der Waals surface area contributed by atoms with Gasteiger partial charge in [-0.05, 0) is 24.6 Å². The molecule has 0 atom stereocenters. The second-order valence-electron chi connectivity index (χ2n) is 5.66. The molecule has 1 N–H and O–H groups in total. The van der Waals surface area contributed by atoms with E-state index in [9.17, 15) is 4.79 Å². The molecule has 0 saturated carbocycles. The largest absolute Gasteiger partial charge is 0.493 e. The number of rotatable bonds is 7. The molecule has 1 heterocycles. The highest BCUT2D eigenvalue weighted by Gasteiger charge is 2.07. The number of carbonyl (C=O) groups excluding carboxylic acids is 1. The zero-order valence-corrected chi connectivity index (χ0v) is 15.5. The van der Waals surface area contributed by atoms with E-state index in [1.54, 1.807) is 30.6 Å². The first-order chi connectivity index (χ1) is 12.7. The lowest BCUT2D eigenvalue weighted by Crippen LogP contribution is -2.28. The van der Waals surface area contributed by atoms with Crippen LogP contribution in [-0.2, 0) is 11.3 Å². The molecule has 1 amide bonds. The standard InChI is InChI=1S/C20H20N2O3S/c1-14-22-17(13-26-14)16-9-7-15(8-10-16)11-21-20(23)12-25-19-6-4-3-5-18(19)24-2/h3-10,13H,11-12H2,1-2H3,(H,21,23). The number of thiazole rings is 1. The fourth-order valence-corrected chi connectivity index (χ4v) is 3.04. The topological polar surface area (TPSA) is 60.5 Å². The molecule has 0 spiro atoms. The molecule has 0 saturated heterocycles. The molecule has 6 heteroatoms. The van der Waals surface area contributed by atoms with Crippen molar-refractivity contribution in [2.75, 3.05) is 13.7 Å². The number of aryl methyl sites for hydroxylation is 1. The van der Waals surface area contributed by atoms with Crippen molar-refractivity contribution in [1.29, 1.82) is 0 Å². The molecule has 134 valence electrons. The Labute approximate surface area is 156 Å². The molecule has 0 bridgehead atoms. The SMILES string of the molecule is COc1ccccc1OCC(=O)NCc1ccc(-c2csc(C)n2)cc1. The summed E-state index contributed by atoms with van der Waals surface area (Å²) in [5.41, 5.74) is 3.07. The van der Waals surface area contributed by atoms with Crippen LogP contribution in [-0.4, -0.2) is 24.6 Å². The molecule has 0 radical (unpaired) electrons. The summed E-state index contributed by atoms with van der Waals surface area (Å²) in [5.74, 6) is 0.969. The zero-order chi connectivity index (χ0) is 18.4. The average Bonchev–Trinajstić information content (AvgIpc) is 3.11. The molecule has 26 heavy (non-hydrogen) atoms. The fourth-order valence-electron chi connectivity index (χ4n) is 2.42. The van der Waals surface area contributed by atoms with Gasteiger partial charge in [0.1, 0.15) is 0 Å². The van der Waals surface area contributed by atoms with Crippen molar-refractivity contribution in [3.8, 4) is 22.8 Å². The normalized spacial score (nSPS) is 10.4. The monoisotopic (exact) mass is 368 g/mol. The third kappa shape index (κ3) is 4.61. The summed E-state index contributed by atoms with van der Waals surface area (Å²) < 4.78 is 10.7. The number of nitrogens with zero attached hydrogens (tertiary/aromatic N) is 1. The van der Waals surface area contributed by atoms with Crippen LogP contribution in [0.4, 0.5) is 0 Å². The Bertz CT molecular complexity index is 875. The highest BCUT2D eigenvalue weighted by molar-refractivity contribution is 7.09. The number of carbonyl (C=O) groups is 1. The van der Waals surface area contributed by atoms with Crippen molar-refractivity contribution in [2.45, 2.75) is 13.5 Å². The number of hydrogen-bond acceptors (Lipinski definition) is 5. The van der Waals surface area contributed by atoms with E-state index in [4.69, 9.17) is 9.47 Å². The van der Waals surface area contributed by atoms with Gasteiger partial charge in [-0.3, -0.25) is 4.79 Å². The summed E-state index contributed by atoms with van der Waals surface area (Å²) in [4.78, 5) is 16.5. The molecular formula is C20H20N2O3S. The molecule has 3 rings (SSSR count). The summed E-state index contributed by atoms with van der Waals surface area (Å²) >= 11 is 1.63. The molecule has 0 aliphatic heterocycles. The van der Waals surface area contributed by atoms with Crippen LogP contribution in [0.25, 0.3) is 11.3 Å². The lowest BCUT2D eigenvalue weighted by Gasteiger charge is -2.10. The summed E-state index contributed by atoms with van der Waals surface area (Å²) in [7, 11) is 1.57. The Kier molecular flexibility index (Phi) is 5.86. The molecule has 5 nitrogen and oxygen atoms in total. The lowest BCUT2D eigenvalue weighted by molar-refractivity contribution is -0.123. The van der Waals surface area contributed by atoms with Crippen LogP contribution < -0.4 is 14.8 Å². The van der Waals surface area contributed by atoms with Crippen molar-refractivity contribution < 1.29 is 14.3 Å². The van der Waals surface area contributed by atoms with Crippen molar-refractivity contribution in [1.82, 2.24) is 10.3 Å². The van der Waals surface area contributed by atoms with Crippen LogP contribution in [0.5, 0.6) is 11.5 Å². The van der Waals surface area contributed by atoms with Crippen LogP contribution in [0.15, 0.2) is 53.9 Å². The van der Waals surface area contributed by atoms with Crippen molar-refractivity contribution in [2.24, 2.45) is 0 Å². The number of aromatic nitrogens is 1. The highest BCUT2D eigenvalue weighted by atomic mass is 32.1. The van der Waals surface area contributed by atoms with E-state index in [1.807, 2.05) is 48.7 Å². The third-order valence-electron chi connectivity index (χ3n) is 3.79. The van der Waals surface area contributed by atoms with E-state index >= 15 is 0 Å². The summed E-state index contributed by atoms with van der Waals surface area (Å²) in [6.07, 6.45) is 0. The number of methoxy groups -OCH3 is 1. The fraction of sp³-hybridized carbons (Fsp3) is 0.200. The summed E-state index contributed by atoms with van der Waals surface area (Å²) in [5, 5.41) is 5.94. The van der Waals surface area contributed by atoms with Gasteiger partial charge in [-0.1, -0.05) is 36.4 Å². The maximum Gasteiger partial charge on any atom is 0.258 e. The van der Waals surface area contributed by atoms with E-state index in [1.165, 1.54) is 0 Å². The van der Waals surface area contributed by atoms with E-state index < -0.39 is 0 Å². The predicted octanol–water partition coefficient (Wildman–Crippen LogP) is 3.82. The molecule has 0 aliphatic rings. The minimum absolute atomic E-state index is 0.0590. The van der Waals surface area contributed by atoms with Crippen LogP contribution in [0, 0.1) is 6.92 Å². The number of benzene rings is 2. The maximum absolute atomic E-state index is 12.0. The molecule has 3 aromatic rings. The summed E-state index contributed by atoms with van der Waals surface area (Å²) in [6.45, 7) is 2.38. The summed E-state index contributed by atoms with van der Waals surface area (Å²) in [6, 6.07) is 15.3. The van der Waals surface area contributed by atoms with Crippen LogP contribution in [0.3, 0.4) is 0 Å². The van der Waals surface area contributed by atoms with E-state index in [0.717, 1.165) is 21.8 Å². The molecule has 0 fully saturated rings. The average molecular weight is 368 g/mol. The maximum atomic E-state index is 12.0. The molecular weight excluding hydrogens is 348 g/mol. The van der Waals surface area contributed by atoms with Gasteiger partial charge in [-0.25, -0.2) is 4.98 Å². The number of ether oxygens (including phenoxy) is 2. The first-order valence-corrected chi connectivity index (χ1v) is 9.07. The molecule has 2 aromatic carbocycles. The van der Waals surface area contributed by atoms with Crippen molar-refractivity contribution in [3.63, 3.8) is 0 Å². The minimum Gasteiger partial charge on any atom is -0.493 e. The van der Waals surface area contributed by atoms with Crippen molar-refractivity contribution >= 4 is 17.2 Å². The number of amides is 1. The molecule has 0 unspecified atom stereocenters. The Hall–Kier alpha value is -2.86. The van der Waals surface area contributed by atoms with Gasteiger partial charge in [0.05, 0.1) is 17.8 Å². The molecule has 1 aromatic heterocycles. The van der Waals surface area contributed by atoms with Crippen LogP contribution in [0.2, 0.25) is 0 Å². The van der Waals surface area contributed by atoms with Gasteiger partial charge in [-0.2, -0.15) is 0 Å². The Balaban J connectivity index is 1.50. The van der Waals surface area contributed by atoms with Crippen LogP contribution >= 0.6 is 11.3 Å². The first-order valence-electron chi connectivity index (χ1n) is 8.19. The second-order valence-corrected chi connectivity index (χ2v) is 6.73. The van der Waals surface area contributed by atoms with Gasteiger partial charge in [0, 0.05) is 17.5 Å². The smallest absolute Gasteiger partial charge is 0.258 e. The van der Waals surface area contributed by atoms with Gasteiger partial charge >= 0.3 is 0 Å². The van der Waals surface area contributed by atoms with E-state index in [-0.39, 0.29) is 12.5 Å². The second kappa shape index (κ2) is 8.49. The molecule has 0 aliphatic carbocycles. The third-order valence-corrected chi connectivity index (χ3v) is 4.56.